The summed E-state index contributed by atoms with van der Waals surface area (Å²) in [4.78, 5) is 3.66. The van der Waals surface area contributed by atoms with E-state index in [2.05, 4.69) is 4.72 Å². The quantitative estimate of drug-likeness (QED) is 0.487. The molecule has 0 saturated carbocycles. The average molecular weight is 580 g/mol. The van der Waals surface area contributed by atoms with E-state index in [1.165, 1.54) is 18.2 Å². The van der Waals surface area contributed by atoms with Gasteiger partial charge in [0, 0.05) is 30.0 Å². The summed E-state index contributed by atoms with van der Waals surface area (Å²) >= 11 is 0. The fraction of sp³-hybridized carbons (Fsp3) is 0.240. The molecule has 0 atom stereocenters. The lowest BCUT2D eigenvalue weighted by molar-refractivity contribution is -0.137. The number of hydrogen-bond donors (Lipinski definition) is 2. The second-order valence-electron chi connectivity index (χ2n) is 8.62. The fourth-order valence-electron chi connectivity index (χ4n) is 4.58. The zero-order valence-electron chi connectivity index (χ0n) is 19.0. The van der Waals surface area contributed by atoms with Gasteiger partial charge in [-0.15, -0.1) is 0 Å². The van der Waals surface area contributed by atoms with Crippen LogP contribution in [0.1, 0.15) is 29.5 Å². The zero-order valence-corrected chi connectivity index (χ0v) is 21.4. The SMILES string of the molecule is N=C1c2ccccc2CN1c1ccc(N2CCCC2)c(S(=O)(=O)Nc2cccc(C(F)(F)F)c2)c1.[Br-]. The van der Waals surface area contributed by atoms with Gasteiger partial charge in [-0.2, -0.15) is 13.2 Å². The van der Waals surface area contributed by atoms with E-state index in [-0.39, 0.29) is 33.4 Å². The highest BCUT2D eigenvalue weighted by molar-refractivity contribution is 7.92. The summed E-state index contributed by atoms with van der Waals surface area (Å²) in [6.45, 7) is 1.81. The summed E-state index contributed by atoms with van der Waals surface area (Å²) in [6.07, 6.45) is -2.74. The first-order valence-electron chi connectivity index (χ1n) is 11.2. The predicted molar refractivity (Wildman–Crippen MR) is 130 cm³/mol. The number of hydrogen-bond acceptors (Lipinski definition) is 4. The van der Waals surface area contributed by atoms with Crippen molar-refractivity contribution in [2.45, 2.75) is 30.5 Å². The highest BCUT2D eigenvalue weighted by Gasteiger charge is 2.32. The summed E-state index contributed by atoms with van der Waals surface area (Å²) in [5.74, 6) is 0.267. The van der Waals surface area contributed by atoms with E-state index in [9.17, 15) is 21.6 Å². The number of sulfonamides is 1. The molecule has 0 aliphatic carbocycles. The Labute approximate surface area is 218 Å². The van der Waals surface area contributed by atoms with Gasteiger partial charge >= 0.3 is 6.18 Å². The number of nitrogens with zero attached hydrogens (tertiary/aromatic N) is 2. The van der Waals surface area contributed by atoms with Gasteiger partial charge in [-0.3, -0.25) is 10.1 Å². The highest BCUT2D eigenvalue weighted by atomic mass is 79.9. The van der Waals surface area contributed by atoms with E-state index >= 15 is 0 Å². The number of amidine groups is 1. The Hall–Kier alpha value is -3.05. The van der Waals surface area contributed by atoms with E-state index in [1.807, 2.05) is 29.2 Å². The van der Waals surface area contributed by atoms with E-state index in [0.717, 1.165) is 36.1 Å². The van der Waals surface area contributed by atoms with Gasteiger partial charge in [-0.05, 0) is 54.8 Å². The van der Waals surface area contributed by atoms with Crippen LogP contribution in [0.4, 0.5) is 30.2 Å². The van der Waals surface area contributed by atoms with Gasteiger partial charge in [0.1, 0.15) is 10.7 Å². The van der Waals surface area contributed by atoms with Crippen LogP contribution in [-0.2, 0) is 22.7 Å². The third-order valence-electron chi connectivity index (χ3n) is 6.30. The monoisotopic (exact) mass is 579 g/mol. The summed E-state index contributed by atoms with van der Waals surface area (Å²) in [5, 5.41) is 8.58. The van der Waals surface area contributed by atoms with Crippen LogP contribution in [0.15, 0.2) is 71.6 Å². The molecule has 11 heteroatoms. The van der Waals surface area contributed by atoms with Crippen molar-refractivity contribution in [3.05, 3.63) is 83.4 Å². The lowest BCUT2D eigenvalue weighted by Gasteiger charge is -2.25. The molecule has 2 heterocycles. The number of fused-ring (bicyclic) bond motifs is 1. The van der Waals surface area contributed by atoms with Gasteiger partial charge in [-0.25, -0.2) is 8.42 Å². The Morgan fingerprint density at radius 3 is 2.33 bits per heavy atom. The first-order valence-corrected chi connectivity index (χ1v) is 12.7. The van der Waals surface area contributed by atoms with E-state index in [0.29, 0.717) is 31.0 Å². The second-order valence-corrected chi connectivity index (χ2v) is 10.3. The molecular formula is C25H23BrF3N4O2S-. The molecule has 2 N–H and O–H groups in total. The number of alkyl halides is 3. The molecule has 0 bridgehead atoms. The summed E-state index contributed by atoms with van der Waals surface area (Å²) in [5.41, 5.74) is 1.66. The van der Waals surface area contributed by atoms with Crippen LogP contribution < -0.4 is 31.5 Å². The van der Waals surface area contributed by atoms with Gasteiger partial charge in [0.25, 0.3) is 10.0 Å². The normalized spacial score (nSPS) is 15.6. The number of anilines is 3. The molecule has 1 fully saturated rings. The molecule has 2 aliphatic rings. The standard InChI is InChI=1S/C25H23F3N4O2S.BrH/c26-25(27,28)18-7-5-8-19(14-18)30-35(33,34)23-15-20(10-11-22(23)31-12-3-4-13-31)32-16-17-6-1-2-9-21(17)24(32)29;/h1-2,5-11,14-15,29-30H,3-4,12-13,16H2;1H/p-1. The maximum atomic E-state index is 13.5. The van der Waals surface area contributed by atoms with Crippen LogP contribution in [-0.4, -0.2) is 27.3 Å². The predicted octanol–water partition coefficient (Wildman–Crippen LogP) is 2.46. The van der Waals surface area contributed by atoms with Crippen molar-refractivity contribution in [1.29, 1.82) is 5.41 Å². The van der Waals surface area contributed by atoms with Crippen LogP contribution in [0, 0.1) is 5.41 Å². The largest absolute Gasteiger partial charge is 1.00 e. The molecule has 1 saturated heterocycles. The first kappa shape index (κ1) is 26.0. The number of halogens is 4. The van der Waals surface area contributed by atoms with Gasteiger partial charge in [0.2, 0.25) is 0 Å². The zero-order chi connectivity index (χ0) is 24.8. The van der Waals surface area contributed by atoms with Crippen LogP contribution in [0.2, 0.25) is 0 Å². The average Bonchev–Trinajstić information content (AvgIpc) is 3.47. The van der Waals surface area contributed by atoms with Gasteiger partial charge in [0.05, 0.1) is 17.8 Å². The van der Waals surface area contributed by atoms with Crippen molar-refractivity contribution in [2.24, 2.45) is 0 Å². The van der Waals surface area contributed by atoms with Gasteiger partial charge in [-0.1, -0.05) is 30.3 Å². The van der Waals surface area contributed by atoms with Crippen molar-refractivity contribution in [3.63, 3.8) is 0 Å². The minimum atomic E-state index is -4.59. The Bertz CT molecular complexity index is 1410. The lowest BCUT2D eigenvalue weighted by Crippen LogP contribution is -3.00. The van der Waals surface area contributed by atoms with Crippen LogP contribution in [0.3, 0.4) is 0 Å². The van der Waals surface area contributed by atoms with E-state index in [4.69, 9.17) is 5.41 Å². The third kappa shape index (κ3) is 4.94. The number of rotatable bonds is 5. The summed E-state index contributed by atoms with van der Waals surface area (Å²) in [6, 6.07) is 16.7. The highest BCUT2D eigenvalue weighted by Crippen LogP contribution is 2.37. The minimum Gasteiger partial charge on any atom is -1.00 e. The first-order chi connectivity index (χ1) is 16.6. The topological polar surface area (TPSA) is 76.5 Å². The van der Waals surface area contributed by atoms with Gasteiger partial charge < -0.3 is 26.8 Å². The van der Waals surface area contributed by atoms with Crippen molar-refractivity contribution in [1.82, 2.24) is 0 Å². The van der Waals surface area contributed by atoms with Crippen LogP contribution in [0.25, 0.3) is 0 Å². The van der Waals surface area contributed by atoms with E-state index < -0.39 is 21.8 Å². The molecule has 190 valence electrons. The lowest BCUT2D eigenvalue weighted by atomic mass is 10.1. The third-order valence-corrected chi connectivity index (χ3v) is 7.71. The Morgan fingerprint density at radius 1 is 0.917 bits per heavy atom. The number of benzene rings is 3. The Kier molecular flexibility index (Phi) is 7.07. The molecule has 0 unspecified atom stereocenters. The smallest absolute Gasteiger partial charge is 0.416 e. The second kappa shape index (κ2) is 9.78. The molecule has 5 rings (SSSR count). The van der Waals surface area contributed by atoms with E-state index in [1.54, 1.807) is 17.0 Å². The van der Waals surface area contributed by atoms with Crippen LogP contribution >= 0.6 is 0 Å². The minimum absolute atomic E-state index is 0. The molecule has 2 aliphatic heterocycles. The Balaban J connectivity index is 0.00000304. The molecule has 3 aromatic rings. The molecule has 6 nitrogen and oxygen atoms in total. The van der Waals surface area contributed by atoms with Crippen molar-refractivity contribution in [3.8, 4) is 0 Å². The molecule has 0 aromatic heterocycles. The van der Waals surface area contributed by atoms with Crippen molar-refractivity contribution in [2.75, 3.05) is 27.6 Å². The fourth-order valence-corrected chi connectivity index (χ4v) is 5.87. The Morgan fingerprint density at radius 2 is 1.64 bits per heavy atom. The van der Waals surface area contributed by atoms with Gasteiger partial charge in [0.15, 0.2) is 0 Å². The van der Waals surface area contributed by atoms with Crippen molar-refractivity contribution >= 4 is 32.9 Å². The summed E-state index contributed by atoms with van der Waals surface area (Å²) in [7, 11) is -4.24. The molecule has 0 amide bonds. The molecule has 0 radical (unpaired) electrons. The van der Waals surface area contributed by atoms with Crippen LogP contribution in [0.5, 0.6) is 0 Å². The van der Waals surface area contributed by atoms with Crippen molar-refractivity contribution < 1.29 is 38.6 Å². The summed E-state index contributed by atoms with van der Waals surface area (Å²) < 4.78 is 68.8. The molecule has 36 heavy (non-hydrogen) atoms. The maximum absolute atomic E-state index is 13.5. The molecule has 0 spiro atoms. The maximum Gasteiger partial charge on any atom is 0.416 e. The number of nitrogens with one attached hydrogen (secondary N) is 2. The molecular weight excluding hydrogens is 557 g/mol. The molecule has 3 aromatic carbocycles.